The zero-order valence-electron chi connectivity index (χ0n) is 11.0. The number of hydrogen-bond acceptors (Lipinski definition) is 4. The molecule has 0 saturated carbocycles. The van der Waals surface area contributed by atoms with Gasteiger partial charge in [0, 0.05) is 17.1 Å². The average molecular weight is 271 g/mol. The Bertz CT molecular complexity index is 609. The van der Waals surface area contributed by atoms with Gasteiger partial charge in [-0.2, -0.15) is 0 Å². The van der Waals surface area contributed by atoms with Gasteiger partial charge in [0.2, 0.25) is 5.91 Å². The third-order valence-corrected chi connectivity index (χ3v) is 2.94. The molecular weight excluding hydrogens is 254 g/mol. The summed E-state index contributed by atoms with van der Waals surface area (Å²) in [4.78, 5) is 11.9. The lowest BCUT2D eigenvalue weighted by molar-refractivity contribution is -0.115. The molecule has 0 heterocycles. The van der Waals surface area contributed by atoms with E-state index < -0.39 is 0 Å². The maximum absolute atomic E-state index is 11.9. The molecule has 2 aromatic carbocycles. The number of aliphatic hydroxyl groups is 1. The quantitative estimate of drug-likeness (QED) is 0.633. The zero-order valence-corrected chi connectivity index (χ0v) is 11.0. The van der Waals surface area contributed by atoms with Crippen LogP contribution in [0.4, 0.5) is 17.1 Å². The Kier molecular flexibility index (Phi) is 4.22. The predicted octanol–water partition coefficient (Wildman–Crippen LogP) is 1.52. The smallest absolute Gasteiger partial charge is 0.228 e. The van der Waals surface area contributed by atoms with Gasteiger partial charge in [-0.3, -0.25) is 4.79 Å². The Hall–Kier alpha value is -2.53. The van der Waals surface area contributed by atoms with Crippen molar-refractivity contribution in [2.45, 2.75) is 13.0 Å². The topological polar surface area (TPSA) is 101 Å². The van der Waals surface area contributed by atoms with E-state index in [0.29, 0.717) is 17.1 Å². The van der Waals surface area contributed by atoms with Crippen molar-refractivity contribution in [2.24, 2.45) is 0 Å². The summed E-state index contributed by atoms with van der Waals surface area (Å²) in [5.41, 5.74) is 14.7. The van der Waals surface area contributed by atoms with Gasteiger partial charge >= 0.3 is 0 Å². The van der Waals surface area contributed by atoms with Gasteiger partial charge in [0.1, 0.15) is 0 Å². The molecular formula is C15H17N3O2. The fraction of sp³-hybridized carbons (Fsp3) is 0.133. The van der Waals surface area contributed by atoms with Crippen molar-refractivity contribution in [1.82, 2.24) is 0 Å². The average Bonchev–Trinajstić information content (AvgIpc) is 2.43. The van der Waals surface area contributed by atoms with Gasteiger partial charge in [-0.15, -0.1) is 0 Å². The number of nitrogen functional groups attached to an aromatic ring is 2. The molecule has 0 saturated heterocycles. The molecule has 0 aliphatic heterocycles. The standard InChI is InChI=1S/C15H17N3O2/c16-12-4-3-11(14(17)8-12)7-15(20)18-13-5-1-10(9-19)2-6-13/h1-6,8,19H,7,9,16-17H2,(H,18,20). The van der Waals surface area contributed by atoms with Crippen LogP contribution in [0.3, 0.4) is 0 Å². The van der Waals surface area contributed by atoms with E-state index in [-0.39, 0.29) is 18.9 Å². The molecule has 104 valence electrons. The summed E-state index contributed by atoms with van der Waals surface area (Å²) in [6.45, 7) is -0.0177. The van der Waals surface area contributed by atoms with Gasteiger partial charge in [0.15, 0.2) is 0 Å². The molecule has 20 heavy (non-hydrogen) atoms. The van der Waals surface area contributed by atoms with Crippen molar-refractivity contribution in [3.8, 4) is 0 Å². The maximum atomic E-state index is 11.9. The van der Waals surface area contributed by atoms with Crippen molar-refractivity contribution in [3.05, 3.63) is 53.6 Å². The van der Waals surface area contributed by atoms with Crippen LogP contribution in [0.2, 0.25) is 0 Å². The lowest BCUT2D eigenvalue weighted by atomic mass is 10.1. The van der Waals surface area contributed by atoms with E-state index in [4.69, 9.17) is 16.6 Å². The molecule has 0 unspecified atom stereocenters. The van der Waals surface area contributed by atoms with Crippen LogP contribution >= 0.6 is 0 Å². The third kappa shape index (κ3) is 3.49. The molecule has 1 amide bonds. The molecule has 0 fully saturated rings. The molecule has 5 nitrogen and oxygen atoms in total. The summed E-state index contributed by atoms with van der Waals surface area (Å²) in [7, 11) is 0. The van der Waals surface area contributed by atoms with E-state index in [0.717, 1.165) is 11.1 Å². The Labute approximate surface area is 117 Å². The molecule has 5 heteroatoms. The van der Waals surface area contributed by atoms with Crippen LogP contribution in [-0.4, -0.2) is 11.0 Å². The maximum Gasteiger partial charge on any atom is 0.228 e. The predicted molar refractivity (Wildman–Crippen MR) is 80.0 cm³/mol. The highest BCUT2D eigenvalue weighted by molar-refractivity contribution is 5.93. The molecule has 0 bridgehead atoms. The van der Waals surface area contributed by atoms with Crippen LogP contribution < -0.4 is 16.8 Å². The second-order valence-electron chi connectivity index (χ2n) is 4.54. The number of carbonyl (C=O) groups excluding carboxylic acids is 1. The lowest BCUT2D eigenvalue weighted by Gasteiger charge is -2.08. The summed E-state index contributed by atoms with van der Waals surface area (Å²) < 4.78 is 0. The molecule has 0 aromatic heterocycles. The third-order valence-electron chi connectivity index (χ3n) is 2.94. The second kappa shape index (κ2) is 6.08. The van der Waals surface area contributed by atoms with Crippen LogP contribution in [0.1, 0.15) is 11.1 Å². The SMILES string of the molecule is Nc1ccc(CC(=O)Nc2ccc(CO)cc2)c(N)c1. The van der Waals surface area contributed by atoms with Crippen LogP contribution in [0, 0.1) is 0 Å². The van der Waals surface area contributed by atoms with Crippen molar-refractivity contribution in [2.75, 3.05) is 16.8 Å². The van der Waals surface area contributed by atoms with Gasteiger partial charge in [0.05, 0.1) is 13.0 Å². The highest BCUT2D eigenvalue weighted by Crippen LogP contribution is 2.17. The van der Waals surface area contributed by atoms with Gasteiger partial charge in [-0.05, 0) is 35.4 Å². The van der Waals surface area contributed by atoms with Crippen molar-refractivity contribution < 1.29 is 9.90 Å². The first-order chi connectivity index (χ1) is 9.58. The number of carbonyl (C=O) groups is 1. The Morgan fingerprint density at radius 2 is 1.80 bits per heavy atom. The first-order valence-corrected chi connectivity index (χ1v) is 6.22. The normalized spacial score (nSPS) is 10.2. The zero-order chi connectivity index (χ0) is 14.5. The molecule has 2 aromatic rings. The first-order valence-electron chi connectivity index (χ1n) is 6.22. The van der Waals surface area contributed by atoms with E-state index in [1.165, 1.54) is 0 Å². The van der Waals surface area contributed by atoms with E-state index in [1.54, 1.807) is 42.5 Å². The van der Waals surface area contributed by atoms with Crippen molar-refractivity contribution in [3.63, 3.8) is 0 Å². The van der Waals surface area contributed by atoms with E-state index in [1.807, 2.05) is 0 Å². The van der Waals surface area contributed by atoms with Crippen molar-refractivity contribution >= 4 is 23.0 Å². The van der Waals surface area contributed by atoms with E-state index >= 15 is 0 Å². The van der Waals surface area contributed by atoms with Crippen LogP contribution in [0.25, 0.3) is 0 Å². The van der Waals surface area contributed by atoms with Crippen LogP contribution in [0.5, 0.6) is 0 Å². The number of nitrogens with two attached hydrogens (primary N) is 2. The monoisotopic (exact) mass is 271 g/mol. The minimum absolute atomic E-state index is 0.0177. The number of rotatable bonds is 4. The lowest BCUT2D eigenvalue weighted by Crippen LogP contribution is -2.15. The number of hydrogen-bond donors (Lipinski definition) is 4. The van der Waals surface area contributed by atoms with Crippen molar-refractivity contribution in [1.29, 1.82) is 0 Å². The molecule has 6 N–H and O–H groups in total. The fourth-order valence-electron chi connectivity index (χ4n) is 1.85. The molecule has 0 aliphatic carbocycles. The summed E-state index contributed by atoms with van der Waals surface area (Å²) in [6, 6.07) is 12.1. The second-order valence-corrected chi connectivity index (χ2v) is 4.54. The minimum atomic E-state index is -0.154. The van der Waals surface area contributed by atoms with E-state index in [2.05, 4.69) is 5.32 Å². The number of amides is 1. The van der Waals surface area contributed by atoms with Gasteiger partial charge in [0.25, 0.3) is 0 Å². The Morgan fingerprint density at radius 3 is 2.40 bits per heavy atom. The highest BCUT2D eigenvalue weighted by atomic mass is 16.3. The number of anilines is 3. The molecule has 0 atom stereocenters. The van der Waals surface area contributed by atoms with E-state index in [9.17, 15) is 4.79 Å². The summed E-state index contributed by atoms with van der Waals surface area (Å²) in [6.07, 6.45) is 0.188. The van der Waals surface area contributed by atoms with Gasteiger partial charge in [-0.25, -0.2) is 0 Å². The molecule has 0 radical (unpaired) electrons. The number of benzene rings is 2. The Morgan fingerprint density at radius 1 is 1.10 bits per heavy atom. The van der Waals surface area contributed by atoms with Crippen LogP contribution in [-0.2, 0) is 17.8 Å². The fourth-order valence-corrected chi connectivity index (χ4v) is 1.85. The molecule has 2 rings (SSSR count). The summed E-state index contributed by atoms with van der Waals surface area (Å²) in [5, 5.41) is 11.7. The Balaban J connectivity index is 2.01. The molecule has 0 aliphatic rings. The molecule has 0 spiro atoms. The first kappa shape index (κ1) is 13.9. The largest absolute Gasteiger partial charge is 0.399 e. The summed E-state index contributed by atoms with van der Waals surface area (Å²) >= 11 is 0. The summed E-state index contributed by atoms with van der Waals surface area (Å²) in [5.74, 6) is -0.154. The highest BCUT2D eigenvalue weighted by Gasteiger charge is 2.07. The van der Waals surface area contributed by atoms with Gasteiger partial charge < -0.3 is 21.9 Å². The number of nitrogens with one attached hydrogen (secondary N) is 1. The minimum Gasteiger partial charge on any atom is -0.399 e. The number of aliphatic hydroxyl groups excluding tert-OH is 1. The van der Waals surface area contributed by atoms with Crippen LogP contribution in [0.15, 0.2) is 42.5 Å². The van der Waals surface area contributed by atoms with Gasteiger partial charge in [-0.1, -0.05) is 18.2 Å².